The summed E-state index contributed by atoms with van der Waals surface area (Å²) in [5, 5.41) is 3.18. The SMILES string of the molecule is CCNc1ncnc(N(CCOC)C(C)C)c1OC. The van der Waals surface area contributed by atoms with E-state index in [9.17, 15) is 0 Å². The molecule has 0 amide bonds. The lowest BCUT2D eigenvalue weighted by Crippen LogP contribution is -2.35. The number of ether oxygens (including phenoxy) is 2. The third-order valence-corrected chi connectivity index (χ3v) is 2.77. The van der Waals surface area contributed by atoms with E-state index < -0.39 is 0 Å². The quantitative estimate of drug-likeness (QED) is 0.775. The number of hydrogen-bond donors (Lipinski definition) is 1. The molecule has 6 heteroatoms. The Kier molecular flexibility index (Phi) is 6.35. The Morgan fingerprint density at radius 2 is 2.05 bits per heavy atom. The van der Waals surface area contributed by atoms with Gasteiger partial charge in [-0.15, -0.1) is 0 Å². The number of nitrogens with zero attached hydrogens (tertiary/aromatic N) is 3. The summed E-state index contributed by atoms with van der Waals surface area (Å²) >= 11 is 0. The fourth-order valence-electron chi connectivity index (χ4n) is 1.85. The lowest BCUT2D eigenvalue weighted by Gasteiger charge is -2.29. The Morgan fingerprint density at radius 3 is 2.58 bits per heavy atom. The molecule has 0 saturated heterocycles. The van der Waals surface area contributed by atoms with E-state index in [1.807, 2.05) is 6.92 Å². The minimum Gasteiger partial charge on any atom is -0.490 e. The summed E-state index contributed by atoms with van der Waals surface area (Å²) in [6, 6.07) is 0.299. The van der Waals surface area contributed by atoms with Crippen molar-refractivity contribution in [1.29, 1.82) is 0 Å². The molecular formula is C13H24N4O2. The molecule has 0 spiro atoms. The van der Waals surface area contributed by atoms with Crippen molar-refractivity contribution in [2.24, 2.45) is 0 Å². The van der Waals surface area contributed by atoms with E-state index in [4.69, 9.17) is 9.47 Å². The van der Waals surface area contributed by atoms with Crippen molar-refractivity contribution >= 4 is 11.6 Å². The molecule has 1 aromatic rings. The van der Waals surface area contributed by atoms with Gasteiger partial charge in [-0.3, -0.25) is 0 Å². The van der Waals surface area contributed by atoms with E-state index in [0.29, 0.717) is 18.4 Å². The third-order valence-electron chi connectivity index (χ3n) is 2.77. The zero-order valence-corrected chi connectivity index (χ0v) is 12.4. The molecule has 1 heterocycles. The lowest BCUT2D eigenvalue weighted by molar-refractivity contribution is 0.203. The summed E-state index contributed by atoms with van der Waals surface area (Å²) < 4.78 is 10.6. The smallest absolute Gasteiger partial charge is 0.204 e. The van der Waals surface area contributed by atoms with Crippen LogP contribution >= 0.6 is 0 Å². The largest absolute Gasteiger partial charge is 0.490 e. The molecule has 0 radical (unpaired) electrons. The molecular weight excluding hydrogens is 244 g/mol. The van der Waals surface area contributed by atoms with Crippen LogP contribution < -0.4 is 15.0 Å². The highest BCUT2D eigenvalue weighted by molar-refractivity contribution is 5.65. The van der Waals surface area contributed by atoms with Gasteiger partial charge in [0.05, 0.1) is 13.7 Å². The van der Waals surface area contributed by atoms with Crippen molar-refractivity contribution in [1.82, 2.24) is 9.97 Å². The van der Waals surface area contributed by atoms with E-state index in [2.05, 4.69) is 34.0 Å². The zero-order chi connectivity index (χ0) is 14.3. The first-order valence-electron chi connectivity index (χ1n) is 6.54. The van der Waals surface area contributed by atoms with Crippen LogP contribution in [0.5, 0.6) is 5.75 Å². The van der Waals surface area contributed by atoms with E-state index >= 15 is 0 Å². The first-order chi connectivity index (χ1) is 9.15. The molecule has 6 nitrogen and oxygen atoms in total. The minimum absolute atomic E-state index is 0.299. The second kappa shape index (κ2) is 7.78. The van der Waals surface area contributed by atoms with E-state index in [-0.39, 0.29) is 0 Å². The Morgan fingerprint density at radius 1 is 1.32 bits per heavy atom. The van der Waals surface area contributed by atoms with Gasteiger partial charge in [0.1, 0.15) is 6.33 Å². The Bertz CT molecular complexity index is 385. The van der Waals surface area contributed by atoms with Crippen molar-refractivity contribution in [3.63, 3.8) is 0 Å². The number of anilines is 2. The van der Waals surface area contributed by atoms with E-state index in [1.54, 1.807) is 20.5 Å². The van der Waals surface area contributed by atoms with E-state index in [1.165, 1.54) is 0 Å². The summed E-state index contributed by atoms with van der Waals surface area (Å²) in [4.78, 5) is 10.7. The van der Waals surface area contributed by atoms with Crippen molar-refractivity contribution in [2.75, 3.05) is 44.1 Å². The van der Waals surface area contributed by atoms with Gasteiger partial charge in [0.25, 0.3) is 0 Å². The average molecular weight is 268 g/mol. The Labute approximate surface area is 115 Å². The van der Waals surface area contributed by atoms with Crippen LogP contribution in [0.2, 0.25) is 0 Å². The normalized spacial score (nSPS) is 10.6. The number of nitrogens with one attached hydrogen (secondary N) is 1. The van der Waals surface area contributed by atoms with Gasteiger partial charge in [-0.2, -0.15) is 0 Å². The van der Waals surface area contributed by atoms with Crippen molar-refractivity contribution in [3.8, 4) is 5.75 Å². The highest BCUT2D eigenvalue weighted by Gasteiger charge is 2.19. The van der Waals surface area contributed by atoms with Gasteiger partial charge in [-0.1, -0.05) is 0 Å². The molecule has 1 aromatic heterocycles. The minimum atomic E-state index is 0.299. The molecule has 0 aliphatic heterocycles. The summed E-state index contributed by atoms with van der Waals surface area (Å²) in [6.45, 7) is 8.43. The predicted molar refractivity (Wildman–Crippen MR) is 77.1 cm³/mol. The first kappa shape index (κ1) is 15.5. The fourth-order valence-corrected chi connectivity index (χ4v) is 1.85. The summed E-state index contributed by atoms with van der Waals surface area (Å²) in [5.74, 6) is 2.19. The maximum atomic E-state index is 5.47. The predicted octanol–water partition coefficient (Wildman–Crippen LogP) is 1.78. The number of methoxy groups -OCH3 is 2. The molecule has 1 rings (SSSR count). The fraction of sp³-hybridized carbons (Fsp3) is 0.692. The van der Waals surface area contributed by atoms with Gasteiger partial charge in [0.15, 0.2) is 11.6 Å². The van der Waals surface area contributed by atoms with Crippen LogP contribution in [0, 0.1) is 0 Å². The molecule has 0 fully saturated rings. The molecule has 0 aliphatic carbocycles. The summed E-state index contributed by atoms with van der Waals surface area (Å²) in [5.41, 5.74) is 0. The van der Waals surface area contributed by atoms with E-state index in [0.717, 1.165) is 24.7 Å². The van der Waals surface area contributed by atoms with Crippen LogP contribution in [0.15, 0.2) is 6.33 Å². The number of hydrogen-bond acceptors (Lipinski definition) is 6. The van der Waals surface area contributed by atoms with Crippen LogP contribution in [0.3, 0.4) is 0 Å². The maximum absolute atomic E-state index is 5.47. The van der Waals surface area contributed by atoms with Gasteiger partial charge < -0.3 is 19.7 Å². The molecule has 0 bridgehead atoms. The van der Waals surface area contributed by atoms with Gasteiger partial charge in [0, 0.05) is 26.2 Å². The topological polar surface area (TPSA) is 59.5 Å². The molecule has 0 saturated carbocycles. The third kappa shape index (κ3) is 3.96. The molecule has 0 atom stereocenters. The second-order valence-corrected chi connectivity index (χ2v) is 4.39. The first-order valence-corrected chi connectivity index (χ1v) is 6.54. The Balaban J connectivity index is 3.10. The highest BCUT2D eigenvalue weighted by atomic mass is 16.5. The second-order valence-electron chi connectivity index (χ2n) is 4.39. The zero-order valence-electron chi connectivity index (χ0n) is 12.4. The van der Waals surface area contributed by atoms with Gasteiger partial charge in [-0.25, -0.2) is 9.97 Å². The van der Waals surface area contributed by atoms with Crippen LogP contribution in [0.25, 0.3) is 0 Å². The summed E-state index contributed by atoms with van der Waals surface area (Å²) in [6.07, 6.45) is 1.55. The molecule has 0 unspecified atom stereocenters. The number of aromatic nitrogens is 2. The monoisotopic (exact) mass is 268 g/mol. The lowest BCUT2D eigenvalue weighted by atomic mass is 10.3. The molecule has 0 aromatic carbocycles. The molecule has 108 valence electrons. The molecule has 0 aliphatic rings. The maximum Gasteiger partial charge on any atom is 0.204 e. The van der Waals surface area contributed by atoms with Crippen LogP contribution in [0.4, 0.5) is 11.6 Å². The molecule has 19 heavy (non-hydrogen) atoms. The average Bonchev–Trinajstić information content (AvgIpc) is 2.39. The van der Waals surface area contributed by atoms with Crippen LogP contribution in [-0.4, -0.2) is 49.9 Å². The van der Waals surface area contributed by atoms with Crippen LogP contribution in [0.1, 0.15) is 20.8 Å². The van der Waals surface area contributed by atoms with Crippen molar-refractivity contribution in [3.05, 3.63) is 6.33 Å². The van der Waals surface area contributed by atoms with Crippen molar-refractivity contribution < 1.29 is 9.47 Å². The summed E-state index contributed by atoms with van der Waals surface area (Å²) in [7, 11) is 3.33. The van der Waals surface area contributed by atoms with Gasteiger partial charge in [-0.05, 0) is 20.8 Å². The van der Waals surface area contributed by atoms with Gasteiger partial charge in [0.2, 0.25) is 5.75 Å². The number of rotatable bonds is 8. The van der Waals surface area contributed by atoms with Crippen LogP contribution in [-0.2, 0) is 4.74 Å². The Hall–Kier alpha value is -1.56. The standard InChI is InChI=1S/C13H24N4O2/c1-6-14-12-11(19-5)13(16-9-15-12)17(10(2)3)7-8-18-4/h9-10H,6-8H2,1-5H3,(H,14,15,16). The van der Waals surface area contributed by atoms with Gasteiger partial charge >= 0.3 is 0 Å². The van der Waals surface area contributed by atoms with Crippen molar-refractivity contribution in [2.45, 2.75) is 26.8 Å². The highest BCUT2D eigenvalue weighted by Crippen LogP contribution is 2.32. The molecule has 1 N–H and O–H groups in total.